The summed E-state index contributed by atoms with van der Waals surface area (Å²) in [7, 11) is 0. The third kappa shape index (κ3) is 3.01. The van der Waals surface area contributed by atoms with E-state index in [1.54, 1.807) is 6.20 Å². The van der Waals surface area contributed by atoms with Crippen molar-refractivity contribution in [3.63, 3.8) is 0 Å². The van der Waals surface area contributed by atoms with Crippen LogP contribution in [0.5, 0.6) is 0 Å². The highest BCUT2D eigenvalue weighted by atomic mass is 16.1. The highest BCUT2D eigenvalue weighted by molar-refractivity contribution is 5.97. The molecule has 4 heteroatoms. The van der Waals surface area contributed by atoms with Crippen LogP contribution < -0.4 is 10.6 Å². The number of hydrogen-bond acceptors (Lipinski definition) is 3. The zero-order chi connectivity index (χ0) is 17.3. The second-order valence-corrected chi connectivity index (χ2v) is 6.75. The second-order valence-electron chi connectivity index (χ2n) is 6.75. The van der Waals surface area contributed by atoms with E-state index in [0.717, 1.165) is 41.5 Å². The first-order chi connectivity index (χ1) is 12.2. The molecule has 25 heavy (non-hydrogen) atoms. The van der Waals surface area contributed by atoms with Crippen molar-refractivity contribution in [2.75, 3.05) is 13.1 Å². The van der Waals surface area contributed by atoms with Crippen LogP contribution in [0.1, 0.15) is 27.9 Å². The van der Waals surface area contributed by atoms with E-state index in [-0.39, 0.29) is 11.4 Å². The standard InChI is InChI=1S/C21H21N3O/c1-15-7-8-19-16(11-15)12-17(13-23-19)20(25)24-21(9-10-22-14-21)18-5-3-2-4-6-18/h2-8,11-13,22H,9-10,14H2,1H3,(H,24,25). The molecule has 2 heterocycles. The van der Waals surface area contributed by atoms with E-state index in [4.69, 9.17) is 0 Å². The average molecular weight is 331 g/mol. The molecule has 1 aromatic heterocycles. The molecular weight excluding hydrogens is 310 g/mol. The monoisotopic (exact) mass is 331 g/mol. The summed E-state index contributed by atoms with van der Waals surface area (Å²) in [6.07, 6.45) is 2.54. The Labute approximate surface area is 147 Å². The summed E-state index contributed by atoms with van der Waals surface area (Å²) in [4.78, 5) is 17.4. The largest absolute Gasteiger partial charge is 0.341 e. The number of nitrogens with one attached hydrogen (secondary N) is 2. The van der Waals surface area contributed by atoms with E-state index in [0.29, 0.717) is 5.56 Å². The van der Waals surface area contributed by atoms with Gasteiger partial charge in [-0.2, -0.15) is 0 Å². The number of aromatic nitrogens is 1. The van der Waals surface area contributed by atoms with Gasteiger partial charge < -0.3 is 10.6 Å². The molecule has 0 bridgehead atoms. The molecule has 1 aliphatic rings. The Morgan fingerprint density at radius 3 is 2.76 bits per heavy atom. The molecule has 0 spiro atoms. The van der Waals surface area contributed by atoms with Crippen molar-refractivity contribution in [3.05, 3.63) is 77.5 Å². The van der Waals surface area contributed by atoms with Gasteiger partial charge in [-0.05, 0) is 43.7 Å². The third-order valence-corrected chi connectivity index (χ3v) is 4.93. The van der Waals surface area contributed by atoms with Gasteiger partial charge in [0.05, 0.1) is 16.6 Å². The fraction of sp³-hybridized carbons (Fsp3) is 0.238. The summed E-state index contributed by atoms with van der Waals surface area (Å²) in [5.74, 6) is -0.0801. The maximum atomic E-state index is 12.9. The summed E-state index contributed by atoms with van der Waals surface area (Å²) in [6, 6.07) is 18.2. The molecule has 1 amide bonds. The van der Waals surface area contributed by atoms with Crippen molar-refractivity contribution >= 4 is 16.8 Å². The van der Waals surface area contributed by atoms with Crippen LogP contribution in [0.2, 0.25) is 0 Å². The van der Waals surface area contributed by atoms with E-state index in [1.165, 1.54) is 0 Å². The second kappa shape index (κ2) is 6.30. The number of rotatable bonds is 3. The number of carbonyl (C=O) groups is 1. The van der Waals surface area contributed by atoms with Gasteiger partial charge in [-0.25, -0.2) is 0 Å². The molecule has 0 radical (unpaired) electrons. The first-order valence-electron chi connectivity index (χ1n) is 8.61. The highest BCUT2D eigenvalue weighted by Crippen LogP contribution is 2.28. The Balaban J connectivity index is 1.66. The van der Waals surface area contributed by atoms with Crippen LogP contribution >= 0.6 is 0 Å². The van der Waals surface area contributed by atoms with Crippen LogP contribution in [0.15, 0.2) is 60.8 Å². The molecule has 1 saturated heterocycles. The highest BCUT2D eigenvalue weighted by Gasteiger charge is 2.37. The molecule has 4 nitrogen and oxygen atoms in total. The normalized spacial score (nSPS) is 19.9. The molecule has 0 aliphatic carbocycles. The Morgan fingerprint density at radius 2 is 2.00 bits per heavy atom. The molecule has 1 fully saturated rings. The van der Waals surface area contributed by atoms with Gasteiger partial charge in [-0.15, -0.1) is 0 Å². The molecule has 1 aliphatic heterocycles. The smallest absolute Gasteiger partial charge is 0.253 e. The SMILES string of the molecule is Cc1ccc2ncc(C(=O)NC3(c4ccccc4)CCNC3)cc2c1. The maximum absolute atomic E-state index is 12.9. The lowest BCUT2D eigenvalue weighted by Crippen LogP contribution is -2.47. The lowest BCUT2D eigenvalue weighted by molar-refractivity contribution is 0.0904. The van der Waals surface area contributed by atoms with Crippen LogP contribution in [-0.4, -0.2) is 24.0 Å². The van der Waals surface area contributed by atoms with Crippen molar-refractivity contribution in [2.24, 2.45) is 0 Å². The Bertz CT molecular complexity index is 915. The third-order valence-electron chi connectivity index (χ3n) is 4.93. The quantitative estimate of drug-likeness (QED) is 0.775. The molecule has 3 aromatic rings. The number of aryl methyl sites for hydroxylation is 1. The van der Waals surface area contributed by atoms with Crippen molar-refractivity contribution in [1.29, 1.82) is 0 Å². The predicted molar refractivity (Wildman–Crippen MR) is 99.6 cm³/mol. The van der Waals surface area contributed by atoms with E-state index < -0.39 is 0 Å². The first kappa shape index (κ1) is 15.8. The summed E-state index contributed by atoms with van der Waals surface area (Å²) in [5.41, 5.74) is 3.44. The van der Waals surface area contributed by atoms with Gasteiger partial charge in [-0.3, -0.25) is 9.78 Å². The van der Waals surface area contributed by atoms with Crippen LogP contribution in [0, 0.1) is 6.92 Å². The van der Waals surface area contributed by atoms with E-state index in [1.807, 2.05) is 43.3 Å². The Hall–Kier alpha value is -2.72. The molecule has 126 valence electrons. The Kier molecular flexibility index (Phi) is 3.98. The number of fused-ring (bicyclic) bond motifs is 1. The van der Waals surface area contributed by atoms with Crippen molar-refractivity contribution < 1.29 is 4.79 Å². The lowest BCUT2D eigenvalue weighted by atomic mass is 9.88. The number of amides is 1. The van der Waals surface area contributed by atoms with Gasteiger partial charge in [0.15, 0.2) is 0 Å². The summed E-state index contributed by atoms with van der Waals surface area (Å²) < 4.78 is 0. The lowest BCUT2D eigenvalue weighted by Gasteiger charge is -2.30. The average Bonchev–Trinajstić information content (AvgIpc) is 3.11. The van der Waals surface area contributed by atoms with Crippen molar-refractivity contribution in [1.82, 2.24) is 15.6 Å². The maximum Gasteiger partial charge on any atom is 0.253 e. The van der Waals surface area contributed by atoms with Gasteiger partial charge in [0, 0.05) is 18.1 Å². The molecule has 4 rings (SSSR count). The topological polar surface area (TPSA) is 54.0 Å². The number of carbonyl (C=O) groups excluding carboxylic acids is 1. The first-order valence-corrected chi connectivity index (χ1v) is 8.61. The van der Waals surface area contributed by atoms with Gasteiger partial charge in [-0.1, -0.05) is 42.0 Å². The fourth-order valence-electron chi connectivity index (χ4n) is 3.54. The Morgan fingerprint density at radius 1 is 1.16 bits per heavy atom. The molecule has 1 atom stereocenters. The zero-order valence-corrected chi connectivity index (χ0v) is 14.3. The predicted octanol–water partition coefficient (Wildman–Crippen LogP) is 3.16. The summed E-state index contributed by atoms with van der Waals surface area (Å²) in [6.45, 7) is 3.67. The minimum atomic E-state index is -0.361. The van der Waals surface area contributed by atoms with Crippen LogP contribution in [0.25, 0.3) is 10.9 Å². The molecule has 2 N–H and O–H groups in total. The minimum absolute atomic E-state index is 0.0801. The van der Waals surface area contributed by atoms with Crippen molar-refractivity contribution in [2.45, 2.75) is 18.9 Å². The minimum Gasteiger partial charge on any atom is -0.341 e. The van der Waals surface area contributed by atoms with E-state index >= 15 is 0 Å². The molecule has 2 aromatic carbocycles. The zero-order valence-electron chi connectivity index (χ0n) is 14.3. The number of nitrogens with zero attached hydrogens (tertiary/aromatic N) is 1. The van der Waals surface area contributed by atoms with E-state index in [2.05, 4.69) is 33.8 Å². The van der Waals surface area contributed by atoms with Crippen LogP contribution in [0.4, 0.5) is 0 Å². The van der Waals surface area contributed by atoms with Gasteiger partial charge in [0.2, 0.25) is 0 Å². The van der Waals surface area contributed by atoms with Gasteiger partial charge in [0.1, 0.15) is 0 Å². The summed E-state index contributed by atoms with van der Waals surface area (Å²) in [5, 5.41) is 7.63. The summed E-state index contributed by atoms with van der Waals surface area (Å²) >= 11 is 0. The van der Waals surface area contributed by atoms with Crippen LogP contribution in [-0.2, 0) is 5.54 Å². The van der Waals surface area contributed by atoms with Crippen molar-refractivity contribution in [3.8, 4) is 0 Å². The molecule has 0 saturated carbocycles. The number of pyridine rings is 1. The fourth-order valence-corrected chi connectivity index (χ4v) is 3.54. The molecular formula is C21H21N3O. The van der Waals surface area contributed by atoms with E-state index in [9.17, 15) is 4.79 Å². The van der Waals surface area contributed by atoms with Gasteiger partial charge in [0.25, 0.3) is 5.91 Å². The molecule has 1 unspecified atom stereocenters. The van der Waals surface area contributed by atoms with Crippen LogP contribution in [0.3, 0.4) is 0 Å². The number of hydrogen-bond donors (Lipinski definition) is 2. The number of benzene rings is 2. The van der Waals surface area contributed by atoms with Gasteiger partial charge >= 0.3 is 0 Å².